The molecule has 19 heavy (non-hydrogen) atoms. The van der Waals surface area contributed by atoms with E-state index in [4.69, 9.17) is 16.3 Å². The Morgan fingerprint density at radius 3 is 2.16 bits per heavy atom. The predicted octanol–water partition coefficient (Wildman–Crippen LogP) is 4.85. The third-order valence-electron chi connectivity index (χ3n) is 2.06. The second-order valence-electron chi connectivity index (χ2n) is 3.33. The fraction of sp³-hybridized carbons (Fsp3) is 0. The van der Waals surface area contributed by atoms with Crippen LogP contribution in [0.15, 0.2) is 22.7 Å². The molecule has 0 amide bonds. The van der Waals surface area contributed by atoms with E-state index >= 15 is 0 Å². The third-order valence-corrected chi connectivity index (χ3v) is 2.85. The molecule has 100 valence electrons. The molecule has 0 unspecified atom stereocenters. The zero-order valence-electron chi connectivity index (χ0n) is 8.86. The number of ether oxygens (including phenoxy) is 1. The lowest BCUT2D eigenvalue weighted by atomic mass is 10.3. The van der Waals surface area contributed by atoms with E-state index in [0.717, 1.165) is 0 Å². The van der Waals surface area contributed by atoms with Crippen molar-refractivity contribution in [2.75, 3.05) is 0 Å². The molecule has 0 aliphatic carbocycles. The quantitative estimate of drug-likeness (QED) is 0.567. The van der Waals surface area contributed by atoms with Gasteiger partial charge >= 0.3 is 0 Å². The number of hydrogen-bond acceptors (Lipinski definition) is 2. The Hall–Kier alpha value is -1.34. The van der Waals surface area contributed by atoms with Crippen LogP contribution in [0.4, 0.5) is 17.6 Å². The van der Waals surface area contributed by atoms with Crippen LogP contribution in [0.25, 0.3) is 0 Å². The lowest BCUT2D eigenvalue weighted by Crippen LogP contribution is -2.03. The molecule has 0 bridgehead atoms. The summed E-state index contributed by atoms with van der Waals surface area (Å²) in [6, 6.07) is 4.15. The highest BCUT2D eigenvalue weighted by atomic mass is 79.9. The summed E-state index contributed by atoms with van der Waals surface area (Å²) in [5, 5.41) is 0.00537. The van der Waals surface area contributed by atoms with Crippen LogP contribution in [0, 0.1) is 23.5 Å². The Morgan fingerprint density at radius 1 is 1.05 bits per heavy atom. The molecule has 0 atom stereocenters. The maximum atomic E-state index is 13.3. The van der Waals surface area contributed by atoms with Gasteiger partial charge in [0.2, 0.25) is 17.4 Å². The third kappa shape index (κ3) is 2.82. The molecule has 1 heterocycles. The van der Waals surface area contributed by atoms with Gasteiger partial charge in [-0.1, -0.05) is 27.5 Å². The van der Waals surface area contributed by atoms with Crippen LogP contribution in [0.2, 0.25) is 5.02 Å². The summed E-state index contributed by atoms with van der Waals surface area (Å²) < 4.78 is 57.7. The van der Waals surface area contributed by atoms with Gasteiger partial charge in [0.15, 0.2) is 0 Å². The molecule has 0 spiro atoms. The van der Waals surface area contributed by atoms with Crippen LogP contribution in [0.1, 0.15) is 0 Å². The van der Waals surface area contributed by atoms with Gasteiger partial charge in [-0.2, -0.15) is 22.5 Å². The molecule has 0 N–H and O–H groups in total. The largest absolute Gasteiger partial charge is 0.449 e. The molecule has 0 aliphatic rings. The Balaban J connectivity index is 2.49. The number of hydrogen-bond donors (Lipinski definition) is 0. The van der Waals surface area contributed by atoms with Gasteiger partial charge in [-0.3, -0.25) is 0 Å². The Labute approximate surface area is 118 Å². The Bertz CT molecular complexity index is 627. The average Bonchev–Trinajstić information content (AvgIpc) is 2.34. The van der Waals surface area contributed by atoms with Gasteiger partial charge in [-0.25, -0.2) is 0 Å². The maximum absolute atomic E-state index is 13.3. The first-order chi connectivity index (χ1) is 8.90. The first kappa shape index (κ1) is 14.1. The van der Waals surface area contributed by atoms with Gasteiger partial charge in [0, 0.05) is 4.47 Å². The highest BCUT2D eigenvalue weighted by molar-refractivity contribution is 9.10. The minimum absolute atomic E-state index is 0.00537. The van der Waals surface area contributed by atoms with Crippen molar-refractivity contribution < 1.29 is 22.3 Å². The minimum Gasteiger partial charge on any atom is -0.449 e. The molecular weight excluding hydrogens is 353 g/mol. The lowest BCUT2D eigenvalue weighted by Gasteiger charge is -2.09. The Morgan fingerprint density at radius 2 is 1.63 bits per heavy atom. The lowest BCUT2D eigenvalue weighted by molar-refractivity contribution is 0.343. The molecule has 0 radical (unpaired) electrons. The van der Waals surface area contributed by atoms with E-state index in [0.29, 0.717) is 4.47 Å². The Kier molecular flexibility index (Phi) is 3.96. The normalized spacial score (nSPS) is 10.6. The van der Waals surface area contributed by atoms with E-state index in [9.17, 15) is 17.6 Å². The van der Waals surface area contributed by atoms with Crippen LogP contribution in [-0.4, -0.2) is 4.98 Å². The summed E-state index contributed by atoms with van der Waals surface area (Å²) in [7, 11) is 0. The van der Waals surface area contributed by atoms with Crippen molar-refractivity contribution in [3.8, 4) is 11.5 Å². The fourth-order valence-electron chi connectivity index (χ4n) is 1.23. The number of pyridine rings is 1. The van der Waals surface area contributed by atoms with E-state index in [2.05, 4.69) is 20.9 Å². The molecule has 0 aliphatic heterocycles. The monoisotopic (exact) mass is 355 g/mol. The molecule has 1 aromatic carbocycles. The number of benzene rings is 1. The molecule has 0 saturated carbocycles. The molecule has 0 saturated heterocycles. The first-order valence-corrected chi connectivity index (χ1v) is 5.90. The summed E-state index contributed by atoms with van der Waals surface area (Å²) >= 11 is 8.88. The van der Waals surface area contributed by atoms with E-state index < -0.39 is 29.3 Å². The topological polar surface area (TPSA) is 22.1 Å². The van der Waals surface area contributed by atoms with Crippen LogP contribution in [0.3, 0.4) is 0 Å². The molecule has 8 heteroatoms. The van der Waals surface area contributed by atoms with Crippen molar-refractivity contribution in [1.82, 2.24) is 4.98 Å². The molecule has 1 aromatic heterocycles. The summed E-state index contributed by atoms with van der Waals surface area (Å²) in [6.45, 7) is 0. The summed E-state index contributed by atoms with van der Waals surface area (Å²) in [5.41, 5.74) is 0. The minimum atomic E-state index is -1.80. The van der Waals surface area contributed by atoms with Crippen LogP contribution in [0.5, 0.6) is 11.5 Å². The molecular formula is C11H3BrClF4NO. The first-order valence-electron chi connectivity index (χ1n) is 4.73. The predicted molar refractivity (Wildman–Crippen MR) is 63.3 cm³/mol. The smallest absolute Gasteiger partial charge is 0.255 e. The second kappa shape index (κ2) is 5.34. The molecule has 2 aromatic rings. The van der Waals surface area contributed by atoms with Crippen molar-refractivity contribution in [2.45, 2.75) is 0 Å². The maximum Gasteiger partial charge on any atom is 0.255 e. The van der Waals surface area contributed by atoms with Gasteiger partial charge in [-0.15, -0.1) is 0 Å². The van der Waals surface area contributed by atoms with E-state index in [1.54, 1.807) is 0 Å². The summed E-state index contributed by atoms with van der Waals surface area (Å²) in [6.07, 6.45) is 0. The highest BCUT2D eigenvalue weighted by Crippen LogP contribution is 2.34. The van der Waals surface area contributed by atoms with E-state index in [1.165, 1.54) is 18.2 Å². The molecule has 0 fully saturated rings. The van der Waals surface area contributed by atoms with Crippen LogP contribution in [-0.2, 0) is 0 Å². The molecule has 2 nitrogen and oxygen atoms in total. The number of nitrogens with zero attached hydrogens (tertiary/aromatic N) is 1. The number of halogens is 6. The summed E-state index contributed by atoms with van der Waals surface area (Å²) in [4.78, 5) is 2.41. The van der Waals surface area contributed by atoms with Crippen molar-refractivity contribution in [3.63, 3.8) is 0 Å². The van der Waals surface area contributed by atoms with Crippen molar-refractivity contribution in [2.24, 2.45) is 0 Å². The van der Waals surface area contributed by atoms with Gasteiger partial charge in [0.1, 0.15) is 5.75 Å². The average molecular weight is 357 g/mol. The fourth-order valence-corrected chi connectivity index (χ4v) is 1.94. The zero-order chi connectivity index (χ0) is 14.2. The van der Waals surface area contributed by atoms with Crippen molar-refractivity contribution in [3.05, 3.63) is 51.2 Å². The SMILES string of the molecule is Fc1nc(F)c(F)c(Oc2ccc(Br)cc2Cl)c1F. The van der Waals surface area contributed by atoms with Gasteiger partial charge < -0.3 is 4.74 Å². The number of rotatable bonds is 2. The van der Waals surface area contributed by atoms with Gasteiger partial charge in [-0.05, 0) is 18.2 Å². The van der Waals surface area contributed by atoms with Gasteiger partial charge in [0.25, 0.3) is 11.9 Å². The summed E-state index contributed by atoms with van der Waals surface area (Å²) in [5.74, 6) is -8.48. The van der Waals surface area contributed by atoms with Crippen LogP contribution >= 0.6 is 27.5 Å². The van der Waals surface area contributed by atoms with E-state index in [-0.39, 0.29) is 10.8 Å². The number of aromatic nitrogens is 1. The van der Waals surface area contributed by atoms with Crippen LogP contribution < -0.4 is 4.74 Å². The van der Waals surface area contributed by atoms with Crippen molar-refractivity contribution >= 4 is 27.5 Å². The van der Waals surface area contributed by atoms with Crippen molar-refractivity contribution in [1.29, 1.82) is 0 Å². The highest BCUT2D eigenvalue weighted by Gasteiger charge is 2.23. The second-order valence-corrected chi connectivity index (χ2v) is 4.65. The molecule has 2 rings (SSSR count). The zero-order valence-corrected chi connectivity index (χ0v) is 11.2. The standard InChI is InChI=1S/C11H3BrClF4NO/c12-4-1-2-6(5(13)3-4)19-9-7(14)10(16)18-11(17)8(9)15/h1-3H. The van der Waals surface area contributed by atoms with Gasteiger partial charge in [0.05, 0.1) is 5.02 Å². The van der Waals surface area contributed by atoms with E-state index in [1.807, 2.05) is 0 Å².